The van der Waals surface area contributed by atoms with Crippen LogP contribution in [-0.4, -0.2) is 70.2 Å². The number of benzene rings is 1. The van der Waals surface area contributed by atoms with Crippen LogP contribution in [0.1, 0.15) is 19.0 Å². The normalized spacial score (nSPS) is 16.9. The van der Waals surface area contributed by atoms with Crippen molar-refractivity contribution in [2.24, 2.45) is 0 Å². The predicted molar refractivity (Wildman–Crippen MR) is 164 cm³/mol. The molecule has 0 N–H and O–H groups in total. The Morgan fingerprint density at radius 2 is 1.96 bits per heavy atom. The first-order valence-electron chi connectivity index (χ1n) is 13.6. The minimum absolute atomic E-state index is 0.0166. The van der Waals surface area contributed by atoms with Gasteiger partial charge in [0.1, 0.15) is 17.3 Å². The molecule has 1 aromatic carbocycles. The minimum atomic E-state index is -3.94. The number of nitrogens with zero attached hydrogens (tertiary/aromatic N) is 7. The molecule has 1 fully saturated rings. The van der Waals surface area contributed by atoms with Gasteiger partial charge in [-0.05, 0) is 44.2 Å². The van der Waals surface area contributed by atoms with Crippen LogP contribution in [0.4, 0.5) is 14.6 Å². The van der Waals surface area contributed by atoms with E-state index in [1.165, 1.54) is 36.2 Å². The fraction of sp³-hybridized carbons (Fsp3) is 0.267. The number of piperazine rings is 1. The lowest BCUT2D eigenvalue weighted by molar-refractivity contribution is -0.129. The average Bonchev–Trinajstić information content (AvgIpc) is 2.97. The molecule has 4 heterocycles. The maximum Gasteiger partial charge on any atom is 0.355 e. The van der Waals surface area contributed by atoms with Crippen molar-refractivity contribution >= 4 is 44.2 Å². The Labute approximate surface area is 261 Å². The number of carbonyl (C=O) groups is 1. The van der Waals surface area contributed by atoms with Crippen molar-refractivity contribution in [2.75, 3.05) is 24.2 Å². The van der Waals surface area contributed by atoms with E-state index < -0.39 is 44.9 Å². The molecule has 1 aliphatic heterocycles. The molecule has 1 amide bonds. The summed E-state index contributed by atoms with van der Waals surface area (Å²) in [7, 11) is -3.94. The van der Waals surface area contributed by atoms with Crippen molar-refractivity contribution in [3.05, 3.63) is 82.0 Å². The van der Waals surface area contributed by atoms with Crippen molar-refractivity contribution in [3.63, 3.8) is 0 Å². The van der Waals surface area contributed by atoms with Crippen LogP contribution >= 0.6 is 11.6 Å². The standard InChI is InChI=1S/C30H26ClF2N7O4S/c1-5-24(41)39-14-16(2)38(15-18(39)9-11-34)28-19-13-22(33)26(25-20(31)7-6-8-21(25)32)36-29(19)40(30(42)37-28)27-17(3)35-12-10-23(27)45(4,43)44/h5-8,10,12-13,16,18H,1,9,14-15H2,2-4H3/t16-,18-/m0/s1. The highest BCUT2D eigenvalue weighted by Gasteiger charge is 2.36. The third-order valence-corrected chi connectivity index (χ3v) is 9.04. The smallest absolute Gasteiger partial charge is 0.349 e. The summed E-state index contributed by atoms with van der Waals surface area (Å²) < 4.78 is 57.6. The highest BCUT2D eigenvalue weighted by atomic mass is 35.5. The Kier molecular flexibility index (Phi) is 8.43. The van der Waals surface area contributed by atoms with Gasteiger partial charge in [0.2, 0.25) is 5.91 Å². The Morgan fingerprint density at radius 1 is 1.22 bits per heavy atom. The molecule has 45 heavy (non-hydrogen) atoms. The van der Waals surface area contributed by atoms with Gasteiger partial charge in [-0.15, -0.1) is 0 Å². The first kappa shape index (κ1) is 31.7. The summed E-state index contributed by atoms with van der Waals surface area (Å²) >= 11 is 6.26. The highest BCUT2D eigenvalue weighted by Crippen LogP contribution is 2.36. The average molecular weight is 654 g/mol. The maximum atomic E-state index is 16.0. The van der Waals surface area contributed by atoms with E-state index in [9.17, 15) is 23.3 Å². The monoisotopic (exact) mass is 653 g/mol. The lowest BCUT2D eigenvalue weighted by atomic mass is 10.0. The number of nitriles is 1. The van der Waals surface area contributed by atoms with Gasteiger partial charge in [-0.3, -0.25) is 9.78 Å². The van der Waals surface area contributed by atoms with Crippen molar-refractivity contribution in [3.8, 4) is 23.0 Å². The quantitative estimate of drug-likeness (QED) is 0.282. The molecule has 0 aliphatic carbocycles. The van der Waals surface area contributed by atoms with Gasteiger partial charge < -0.3 is 9.80 Å². The minimum Gasteiger partial charge on any atom is -0.349 e. The molecule has 1 saturated heterocycles. The fourth-order valence-corrected chi connectivity index (χ4v) is 6.68. The van der Waals surface area contributed by atoms with E-state index in [2.05, 4.69) is 27.6 Å². The van der Waals surface area contributed by atoms with Gasteiger partial charge in [-0.1, -0.05) is 24.2 Å². The van der Waals surface area contributed by atoms with Gasteiger partial charge in [0, 0.05) is 31.6 Å². The number of sulfone groups is 1. The number of amides is 1. The predicted octanol–water partition coefficient (Wildman–Crippen LogP) is 3.99. The van der Waals surface area contributed by atoms with Crippen LogP contribution < -0.4 is 10.6 Å². The summed E-state index contributed by atoms with van der Waals surface area (Å²) in [5.41, 5.74) is -2.12. The molecule has 0 spiro atoms. The largest absolute Gasteiger partial charge is 0.355 e. The van der Waals surface area contributed by atoms with E-state index in [1.54, 1.807) is 11.8 Å². The Morgan fingerprint density at radius 3 is 2.60 bits per heavy atom. The lowest BCUT2D eigenvalue weighted by Gasteiger charge is -2.45. The van der Waals surface area contributed by atoms with Crippen LogP contribution in [0.5, 0.6) is 0 Å². The summed E-state index contributed by atoms with van der Waals surface area (Å²) in [5.74, 6) is -2.26. The molecule has 11 nitrogen and oxygen atoms in total. The number of aryl methyl sites for hydroxylation is 1. The second-order valence-electron chi connectivity index (χ2n) is 10.6. The molecule has 0 radical (unpaired) electrons. The summed E-state index contributed by atoms with van der Waals surface area (Å²) in [4.78, 5) is 42.3. The van der Waals surface area contributed by atoms with Gasteiger partial charge in [-0.2, -0.15) is 10.2 Å². The van der Waals surface area contributed by atoms with Gasteiger partial charge in [-0.25, -0.2) is 31.5 Å². The number of carbonyl (C=O) groups excluding carboxylic acids is 1. The number of halogens is 3. The molecule has 15 heteroatoms. The highest BCUT2D eigenvalue weighted by molar-refractivity contribution is 7.90. The number of rotatable bonds is 6. The van der Waals surface area contributed by atoms with Crippen LogP contribution in [0, 0.1) is 29.9 Å². The maximum absolute atomic E-state index is 16.0. The summed E-state index contributed by atoms with van der Waals surface area (Å²) in [6.45, 7) is 6.95. The summed E-state index contributed by atoms with van der Waals surface area (Å²) in [5, 5.41) is 9.31. The van der Waals surface area contributed by atoms with Crippen molar-refractivity contribution in [1.29, 1.82) is 5.26 Å². The Hall–Kier alpha value is -4.74. The molecule has 3 aromatic heterocycles. The number of anilines is 1. The zero-order chi connectivity index (χ0) is 32.8. The van der Waals surface area contributed by atoms with Crippen LogP contribution in [0.3, 0.4) is 0 Å². The first-order chi connectivity index (χ1) is 21.3. The topological polar surface area (TPSA) is 142 Å². The summed E-state index contributed by atoms with van der Waals surface area (Å²) in [6.07, 6.45) is 3.32. The van der Waals surface area contributed by atoms with E-state index in [0.29, 0.717) is 0 Å². The molecule has 4 aromatic rings. The second kappa shape index (κ2) is 12.0. The lowest BCUT2D eigenvalue weighted by Crippen LogP contribution is -2.59. The zero-order valence-electron chi connectivity index (χ0n) is 24.3. The molecule has 0 saturated carbocycles. The molecule has 0 bridgehead atoms. The van der Waals surface area contributed by atoms with E-state index in [-0.39, 0.29) is 69.1 Å². The van der Waals surface area contributed by atoms with Gasteiger partial charge >= 0.3 is 5.69 Å². The number of fused-ring (bicyclic) bond motifs is 1. The molecular weight excluding hydrogens is 628 g/mol. The molecule has 2 atom stereocenters. The van der Waals surface area contributed by atoms with Crippen molar-refractivity contribution < 1.29 is 22.0 Å². The second-order valence-corrected chi connectivity index (χ2v) is 13.0. The van der Waals surface area contributed by atoms with Gasteiger partial charge in [0.15, 0.2) is 21.3 Å². The molecule has 232 valence electrons. The van der Waals surface area contributed by atoms with Crippen LogP contribution in [-0.2, 0) is 14.6 Å². The van der Waals surface area contributed by atoms with Gasteiger partial charge in [0.05, 0.1) is 50.8 Å². The van der Waals surface area contributed by atoms with Crippen LogP contribution in [0.2, 0.25) is 5.02 Å². The van der Waals surface area contributed by atoms with E-state index >= 15 is 8.78 Å². The number of pyridine rings is 2. The first-order valence-corrected chi connectivity index (χ1v) is 15.9. The molecule has 5 rings (SSSR count). The number of hydrogen-bond donors (Lipinski definition) is 0. The number of aromatic nitrogens is 4. The fourth-order valence-electron chi connectivity index (χ4n) is 5.53. The zero-order valence-corrected chi connectivity index (χ0v) is 25.9. The SMILES string of the molecule is C=CC(=O)N1C[C@H](C)N(c2nc(=O)n(-c3c(S(C)(=O)=O)ccnc3C)c3nc(-c4c(F)cccc4Cl)c(F)cc23)C[C@@H]1CC#N. The van der Waals surface area contributed by atoms with Crippen molar-refractivity contribution in [1.82, 2.24) is 24.4 Å². The van der Waals surface area contributed by atoms with Crippen LogP contribution in [0.25, 0.3) is 28.0 Å². The summed E-state index contributed by atoms with van der Waals surface area (Å²) in [6, 6.07) is 6.96. The van der Waals surface area contributed by atoms with E-state index in [0.717, 1.165) is 29.0 Å². The number of hydrogen-bond acceptors (Lipinski definition) is 9. The van der Waals surface area contributed by atoms with Crippen LogP contribution in [0.15, 0.2) is 58.9 Å². The Balaban J connectivity index is 1.87. The van der Waals surface area contributed by atoms with Gasteiger partial charge in [0.25, 0.3) is 0 Å². The molecule has 1 aliphatic rings. The third-order valence-electron chi connectivity index (χ3n) is 7.59. The van der Waals surface area contributed by atoms with Crippen molar-refractivity contribution in [2.45, 2.75) is 37.2 Å². The molecule has 0 unspecified atom stereocenters. The molecular formula is C30H26ClF2N7O4S. The van der Waals surface area contributed by atoms with E-state index in [4.69, 9.17) is 11.6 Å². The third kappa shape index (κ3) is 5.65. The Bertz CT molecular complexity index is 2080. The van der Waals surface area contributed by atoms with E-state index in [1.807, 2.05) is 0 Å².